The number of H-pyrrole nitrogens is 1. The van der Waals surface area contributed by atoms with E-state index in [0.717, 1.165) is 131 Å². The van der Waals surface area contributed by atoms with Crippen molar-refractivity contribution in [3.05, 3.63) is 206 Å². The highest BCUT2D eigenvalue weighted by atomic mass is 79.9. The molecule has 4 saturated heterocycles. The summed E-state index contributed by atoms with van der Waals surface area (Å²) in [6, 6.07) is 46.1. The van der Waals surface area contributed by atoms with E-state index in [0.29, 0.717) is 82.5 Å². The van der Waals surface area contributed by atoms with Crippen molar-refractivity contribution in [2.75, 3.05) is 83.8 Å². The number of hydrogen-bond acceptors (Lipinski definition) is 23. The highest BCUT2D eigenvalue weighted by Gasteiger charge is 2.35. The van der Waals surface area contributed by atoms with Crippen LogP contribution >= 0.6 is 51.5 Å². The van der Waals surface area contributed by atoms with Gasteiger partial charge in [-0.25, -0.2) is 16.8 Å². The number of methoxy groups -OCH3 is 4. The van der Waals surface area contributed by atoms with E-state index < -0.39 is 25.8 Å². The molecule has 726 valence electrons. The Kier molecular flexibility index (Phi) is 38.7. The van der Waals surface area contributed by atoms with Gasteiger partial charge in [0, 0.05) is 72.3 Å². The molecule has 4 aliphatic rings. The standard InChI is InChI=1S/C26H33N3O4S.C26H33N3O2S.C24H29N3O6S.C20H23N3OS.C6H11BrO.CH3Cl/c1-17(2)23-15-24(19(4)14-18(23)3)25-27-28-26(29(25)20-9-11-21(32-5)12-10-20)34(30,31)16-22-8-6-7-13-33-22;1-17(2)23-15-24(19(4)14-18(23)3)25-27-28-26(32-16-22-8-6-7-13-31-22)29(25)20-9-11-21(30-5)12-10-20;1-15(2)19-12-20(22(29)13-21(19)28)23-25-26-24(27(23)16-7-9-17(32-3)10-8-16)34(30,31)14-18-6-4-5-11-33-18;1-12(2)17-11-18(14(4)10-13(17)3)19-21-22-20(25)23(19)15-6-8-16(24-5)9-7-15;7-5-6-3-1-2-4-8-6;1-2/h9-12,14-15,17,22H,6-8,13,16H2,1-5H3;9-12,14-15,17,22H,6-8,13,16H2,1-5H3;7-10,12-13,15,18,28-29H,4-6,11,14H2,1-3H3;6-12H,1-5H3,(H,22,25);6H,1-5H2;1H3. The van der Waals surface area contributed by atoms with Gasteiger partial charge in [-0.2, -0.15) is 5.10 Å². The molecular weight excluding hydrogens is 1870 g/mol. The zero-order chi connectivity index (χ0) is 97.5. The third kappa shape index (κ3) is 26.8. The number of nitrogens with one attached hydrogen (secondary N) is 1. The maximum Gasteiger partial charge on any atom is 0.254 e. The molecule has 0 aliphatic carbocycles. The van der Waals surface area contributed by atoms with Crippen LogP contribution in [0.1, 0.15) is 212 Å². The Balaban J connectivity index is 0.000000168. The van der Waals surface area contributed by atoms with Gasteiger partial charge in [-0.1, -0.05) is 101 Å². The highest BCUT2D eigenvalue weighted by molar-refractivity contribution is 9.09. The number of alkyl halides is 2. The number of aryl methyl sites for hydroxylation is 6. The number of ether oxygens (including phenoxy) is 8. The second kappa shape index (κ2) is 49.5. The Morgan fingerprint density at radius 1 is 0.407 bits per heavy atom. The van der Waals surface area contributed by atoms with Crippen molar-refractivity contribution in [3.63, 3.8) is 0 Å². The van der Waals surface area contributed by atoms with E-state index in [1.807, 2.05) is 73.9 Å². The van der Waals surface area contributed by atoms with Gasteiger partial charge in [0.2, 0.25) is 19.7 Å². The number of rotatable bonds is 26. The minimum atomic E-state index is -3.89. The van der Waals surface area contributed by atoms with Gasteiger partial charge in [-0.05, 0) is 331 Å². The summed E-state index contributed by atoms with van der Waals surface area (Å²) in [5.74, 6) is 6.78. The molecule has 8 aromatic carbocycles. The number of thioether (sulfide) groups is 1. The Bertz CT molecular complexity index is 5980. The maximum absolute atomic E-state index is 13.5. The second-order valence-corrected chi connectivity index (χ2v) is 41.4. The topological polar surface area (TPSA) is 308 Å². The van der Waals surface area contributed by atoms with Gasteiger partial charge in [0.1, 0.15) is 34.5 Å². The fourth-order valence-electron chi connectivity index (χ4n) is 17.2. The lowest BCUT2D eigenvalue weighted by Crippen LogP contribution is -2.29. The minimum absolute atomic E-state index is 0.0386. The van der Waals surface area contributed by atoms with Crippen LogP contribution < -0.4 is 18.9 Å². The summed E-state index contributed by atoms with van der Waals surface area (Å²) in [5.41, 5.74) is 18.2. The normalized spacial score (nSPS) is 16.2. The fourth-order valence-corrected chi connectivity index (χ4v) is 22.0. The van der Waals surface area contributed by atoms with Crippen molar-refractivity contribution >= 4 is 71.2 Å². The number of halogens is 2. The molecule has 4 aliphatic heterocycles. The summed E-state index contributed by atoms with van der Waals surface area (Å²) in [7, 11) is -1.15. The molecule has 0 amide bonds. The monoisotopic (exact) mass is 2000 g/mol. The van der Waals surface area contributed by atoms with E-state index in [4.69, 9.17) is 50.1 Å². The number of benzene rings is 8. The van der Waals surface area contributed by atoms with Gasteiger partial charge >= 0.3 is 0 Å². The number of hydrogen-bond donors (Lipinski definition) is 3. The molecule has 32 heteroatoms. The number of nitrogens with zero attached hydrogens (tertiary/aromatic N) is 11. The van der Waals surface area contributed by atoms with Gasteiger partial charge in [0.25, 0.3) is 10.3 Å². The Morgan fingerprint density at radius 3 is 1.07 bits per heavy atom. The summed E-state index contributed by atoms with van der Waals surface area (Å²) < 4.78 is 106. The van der Waals surface area contributed by atoms with E-state index in [1.165, 1.54) is 87.2 Å². The first-order valence-corrected chi connectivity index (χ1v) is 52.8. The van der Waals surface area contributed by atoms with Crippen molar-refractivity contribution in [1.82, 2.24) is 59.1 Å². The number of aromatic hydroxyl groups is 2. The zero-order valence-corrected chi connectivity index (χ0v) is 86.8. The summed E-state index contributed by atoms with van der Waals surface area (Å²) in [6.45, 7) is 32.7. The van der Waals surface area contributed by atoms with Crippen LogP contribution in [0.5, 0.6) is 34.5 Å². The largest absolute Gasteiger partial charge is 0.508 e. The van der Waals surface area contributed by atoms with Gasteiger partial charge in [-0.3, -0.25) is 23.4 Å². The molecule has 8 heterocycles. The Hall–Kier alpha value is -9.80. The quantitative estimate of drug-likeness (QED) is 0.0258. The first kappa shape index (κ1) is 106. The molecule has 4 aromatic heterocycles. The maximum atomic E-state index is 13.5. The highest BCUT2D eigenvalue weighted by Crippen LogP contribution is 2.42. The Morgan fingerprint density at radius 2 is 0.726 bits per heavy atom. The lowest BCUT2D eigenvalue weighted by atomic mass is 9.93. The van der Waals surface area contributed by atoms with Crippen LogP contribution in [0.4, 0.5) is 0 Å². The first-order valence-electron chi connectivity index (χ1n) is 46.3. The molecule has 12 aromatic rings. The molecule has 26 nitrogen and oxygen atoms in total. The summed E-state index contributed by atoms with van der Waals surface area (Å²) in [6.07, 6.45) is 14.1. The lowest BCUT2D eigenvalue weighted by Gasteiger charge is -2.22. The molecule has 4 atom stereocenters. The molecule has 135 heavy (non-hydrogen) atoms. The number of aromatic nitrogens is 12. The van der Waals surface area contributed by atoms with Crippen molar-refractivity contribution in [1.29, 1.82) is 0 Å². The Labute approximate surface area is 819 Å². The number of sulfone groups is 2. The predicted molar refractivity (Wildman–Crippen MR) is 544 cm³/mol. The summed E-state index contributed by atoms with van der Waals surface area (Å²) in [5, 5.41) is 56.1. The van der Waals surface area contributed by atoms with Gasteiger partial charge in [0.05, 0.1) is 87.0 Å². The van der Waals surface area contributed by atoms with Crippen LogP contribution in [-0.2, 0) is 38.6 Å². The minimum Gasteiger partial charge on any atom is -0.508 e. The van der Waals surface area contributed by atoms with Crippen LogP contribution in [0.25, 0.3) is 68.3 Å². The fraction of sp³-hybridized carbons (Fsp3) is 0.456. The number of phenols is 2. The third-order valence-electron chi connectivity index (χ3n) is 24.4. The van der Waals surface area contributed by atoms with Gasteiger partial charge in [0.15, 0.2) is 33.2 Å². The number of phenolic OH excluding ortho intramolecular Hbond substituents is 2. The van der Waals surface area contributed by atoms with Crippen LogP contribution in [0.2, 0.25) is 0 Å². The van der Waals surface area contributed by atoms with Crippen LogP contribution in [0.3, 0.4) is 0 Å². The molecular formula is C103H132BrClN12O14S4. The molecule has 0 bridgehead atoms. The number of aromatic amines is 1. The van der Waals surface area contributed by atoms with E-state index in [9.17, 15) is 27.0 Å². The zero-order valence-electron chi connectivity index (χ0n) is 81.2. The summed E-state index contributed by atoms with van der Waals surface area (Å²) >= 11 is 15.2. The summed E-state index contributed by atoms with van der Waals surface area (Å²) in [4.78, 5) is 0. The molecule has 4 fully saturated rings. The van der Waals surface area contributed by atoms with Gasteiger partial charge < -0.3 is 48.1 Å². The van der Waals surface area contributed by atoms with E-state index >= 15 is 0 Å². The lowest BCUT2D eigenvalue weighted by molar-refractivity contribution is 0.0302. The van der Waals surface area contributed by atoms with Crippen LogP contribution in [0.15, 0.2) is 161 Å². The third-order valence-corrected chi connectivity index (χ3v) is 29.7. The van der Waals surface area contributed by atoms with E-state index in [2.05, 4.69) is 198 Å². The average Bonchev–Trinajstić information content (AvgIpc) is 1.62. The average molecular weight is 2010 g/mol. The van der Waals surface area contributed by atoms with Crippen LogP contribution in [-0.4, -0.2) is 194 Å². The molecule has 3 N–H and O–H groups in total. The second-order valence-electron chi connectivity index (χ2n) is 35.5. The van der Waals surface area contributed by atoms with Gasteiger partial charge in [-0.15, -0.1) is 42.2 Å². The van der Waals surface area contributed by atoms with E-state index in [1.54, 1.807) is 87.2 Å². The molecule has 0 radical (unpaired) electrons. The van der Waals surface area contributed by atoms with Crippen LogP contribution in [0, 0.1) is 46.3 Å². The molecule has 0 saturated carbocycles. The predicted octanol–water partition coefficient (Wildman–Crippen LogP) is 23.3. The van der Waals surface area contributed by atoms with Crippen molar-refractivity contribution in [3.8, 4) is 103 Å². The SMILES string of the molecule is BrCC1CCCCO1.CCl.COc1ccc(-n2c(-c3cc(C(C)C)c(C)cc3C)n[nH]c2=S)cc1.COc1ccc(-n2c(-c3cc(C(C)C)c(C)cc3C)nnc2S(=O)(=O)CC2CCCCO2)cc1.COc1ccc(-n2c(-c3cc(C(C)C)c(O)cc3O)nnc2S(=O)(=O)CC2CCCCO2)cc1.COc1ccc(-n2c(SCC3CCCCO3)nnc2-c2cc(C(C)C)c(C)cc2C)cc1. The van der Waals surface area contributed by atoms with Crippen molar-refractivity contribution < 1.29 is 64.9 Å². The van der Waals surface area contributed by atoms with Crippen molar-refractivity contribution in [2.45, 2.75) is 238 Å². The molecule has 0 spiro atoms. The van der Waals surface area contributed by atoms with E-state index in [-0.39, 0.29) is 62.8 Å². The van der Waals surface area contributed by atoms with Crippen molar-refractivity contribution in [2.24, 2.45) is 0 Å². The smallest absolute Gasteiger partial charge is 0.254 e. The molecule has 16 rings (SSSR count). The first-order chi connectivity index (χ1) is 64.7. The molecule has 4 unspecified atom stereocenters.